The number of aliphatic hydroxyl groups is 1. The Kier molecular flexibility index (Phi) is 4.21. The Hall–Kier alpha value is -2.12. The van der Waals surface area contributed by atoms with Crippen LogP contribution in [0.25, 0.3) is 10.9 Å². The van der Waals surface area contributed by atoms with E-state index in [4.69, 9.17) is 4.74 Å². The second kappa shape index (κ2) is 5.89. The van der Waals surface area contributed by atoms with Gasteiger partial charge in [0, 0.05) is 25.3 Å². The van der Waals surface area contributed by atoms with Crippen molar-refractivity contribution >= 4 is 16.6 Å². The van der Waals surface area contributed by atoms with Gasteiger partial charge in [-0.15, -0.1) is 0 Å². The van der Waals surface area contributed by atoms with Crippen molar-refractivity contribution in [1.82, 2.24) is 4.98 Å². The van der Waals surface area contributed by atoms with E-state index in [9.17, 15) is 19.6 Å². The Bertz CT molecular complexity index is 648. The maximum Gasteiger partial charge on any atom is 0.281 e. The molecule has 0 aliphatic rings. The van der Waals surface area contributed by atoms with Crippen LogP contribution in [0.5, 0.6) is 0 Å². The summed E-state index contributed by atoms with van der Waals surface area (Å²) in [5.41, 5.74) is 0.000634. The highest BCUT2D eigenvalue weighted by molar-refractivity contribution is 5.90. The van der Waals surface area contributed by atoms with Crippen LogP contribution in [0.2, 0.25) is 0 Å². The zero-order chi connectivity index (χ0) is 14.7. The topological polar surface area (TPSA) is 85.5 Å². The van der Waals surface area contributed by atoms with Gasteiger partial charge >= 0.3 is 0 Å². The van der Waals surface area contributed by atoms with Gasteiger partial charge in [-0.1, -0.05) is 0 Å². The van der Waals surface area contributed by atoms with E-state index in [0.717, 1.165) is 6.07 Å². The molecule has 0 spiro atoms. The Labute approximate surface area is 114 Å². The van der Waals surface area contributed by atoms with Gasteiger partial charge in [0.1, 0.15) is 5.82 Å². The molecule has 0 saturated carbocycles. The molecule has 0 amide bonds. The molecule has 2 rings (SSSR count). The summed E-state index contributed by atoms with van der Waals surface area (Å²) in [7, 11) is 1.42. The number of aliphatic hydroxyl groups excluding tert-OH is 1. The van der Waals surface area contributed by atoms with Crippen molar-refractivity contribution in [3.63, 3.8) is 0 Å². The Morgan fingerprint density at radius 2 is 2.35 bits per heavy atom. The lowest BCUT2D eigenvalue weighted by atomic mass is 10.0. The van der Waals surface area contributed by atoms with Crippen molar-refractivity contribution in [2.45, 2.75) is 12.5 Å². The molecule has 1 unspecified atom stereocenters. The quantitative estimate of drug-likeness (QED) is 0.667. The molecule has 0 saturated heterocycles. The molecule has 1 heterocycles. The molecule has 20 heavy (non-hydrogen) atoms. The number of hydrogen-bond donors (Lipinski definition) is 1. The van der Waals surface area contributed by atoms with Crippen LogP contribution in [0.1, 0.15) is 5.56 Å². The van der Waals surface area contributed by atoms with Crippen molar-refractivity contribution < 1.29 is 19.2 Å². The summed E-state index contributed by atoms with van der Waals surface area (Å²) < 4.78 is 18.8. The van der Waals surface area contributed by atoms with Crippen molar-refractivity contribution in [2.24, 2.45) is 0 Å². The average molecular weight is 280 g/mol. The Morgan fingerprint density at radius 1 is 1.60 bits per heavy atom. The average Bonchev–Trinajstić information content (AvgIpc) is 2.41. The summed E-state index contributed by atoms with van der Waals surface area (Å²) in [6.07, 6.45) is 0.504. The lowest BCUT2D eigenvalue weighted by Gasteiger charge is -2.12. The number of non-ortho nitro benzene ring substituents is 1. The van der Waals surface area contributed by atoms with Crippen LogP contribution in [-0.4, -0.2) is 34.8 Å². The number of nitro benzene ring substituents is 1. The number of benzene rings is 1. The van der Waals surface area contributed by atoms with Gasteiger partial charge in [-0.05, 0) is 12.1 Å². The largest absolute Gasteiger partial charge is 0.390 e. The van der Waals surface area contributed by atoms with Crippen LogP contribution in [-0.2, 0) is 11.2 Å². The third-order valence-corrected chi connectivity index (χ3v) is 2.92. The van der Waals surface area contributed by atoms with Crippen molar-refractivity contribution in [1.29, 1.82) is 0 Å². The fourth-order valence-electron chi connectivity index (χ4n) is 2.08. The summed E-state index contributed by atoms with van der Waals surface area (Å²) in [5, 5.41) is 20.9. The molecule has 6 nitrogen and oxygen atoms in total. The number of nitrogens with zero attached hydrogens (tertiary/aromatic N) is 2. The summed E-state index contributed by atoms with van der Waals surface area (Å²) in [5.74, 6) is -0.752. The minimum Gasteiger partial charge on any atom is -0.390 e. The maximum atomic E-state index is 14.0. The first kappa shape index (κ1) is 14.3. The van der Waals surface area contributed by atoms with Gasteiger partial charge in [0.2, 0.25) is 0 Å². The maximum absolute atomic E-state index is 14.0. The van der Waals surface area contributed by atoms with Gasteiger partial charge in [-0.2, -0.15) is 0 Å². The van der Waals surface area contributed by atoms with Crippen LogP contribution in [0.4, 0.5) is 10.1 Å². The van der Waals surface area contributed by atoms with Gasteiger partial charge in [0.25, 0.3) is 5.69 Å². The van der Waals surface area contributed by atoms with E-state index in [1.54, 1.807) is 6.07 Å². The SMILES string of the molecule is COCC(O)Cc1c(F)cc([N+](=O)[O-])c2cccnc12. The Balaban J connectivity index is 2.58. The molecule has 1 N–H and O–H groups in total. The van der Waals surface area contributed by atoms with Crippen LogP contribution in [0.3, 0.4) is 0 Å². The summed E-state index contributed by atoms with van der Waals surface area (Å²) in [4.78, 5) is 14.3. The molecule has 1 aromatic carbocycles. The normalized spacial score (nSPS) is 12.6. The number of pyridine rings is 1. The molecule has 0 radical (unpaired) electrons. The highest BCUT2D eigenvalue weighted by Gasteiger charge is 2.21. The van der Waals surface area contributed by atoms with E-state index < -0.39 is 16.8 Å². The van der Waals surface area contributed by atoms with Gasteiger partial charge in [-0.3, -0.25) is 15.1 Å². The number of ether oxygens (including phenoxy) is 1. The fraction of sp³-hybridized carbons (Fsp3) is 0.308. The van der Waals surface area contributed by atoms with Crippen LogP contribution < -0.4 is 0 Å². The first-order valence-electron chi connectivity index (χ1n) is 5.92. The third-order valence-electron chi connectivity index (χ3n) is 2.92. The zero-order valence-corrected chi connectivity index (χ0v) is 10.7. The molecule has 1 atom stereocenters. The van der Waals surface area contributed by atoms with Crippen LogP contribution in [0.15, 0.2) is 24.4 Å². The molecule has 1 aromatic heterocycles. The van der Waals surface area contributed by atoms with Crippen molar-refractivity contribution in [3.8, 4) is 0 Å². The van der Waals surface area contributed by atoms with Gasteiger partial charge in [0.15, 0.2) is 0 Å². The first-order valence-corrected chi connectivity index (χ1v) is 5.92. The number of rotatable bonds is 5. The monoisotopic (exact) mass is 280 g/mol. The fourth-order valence-corrected chi connectivity index (χ4v) is 2.08. The second-order valence-electron chi connectivity index (χ2n) is 4.33. The van der Waals surface area contributed by atoms with Gasteiger partial charge in [0.05, 0.1) is 34.6 Å². The number of hydrogen-bond acceptors (Lipinski definition) is 5. The van der Waals surface area contributed by atoms with Crippen molar-refractivity contribution in [3.05, 3.63) is 45.9 Å². The number of aromatic nitrogens is 1. The molecular formula is C13H13FN2O4. The predicted octanol–water partition coefficient (Wildman–Crippen LogP) is 1.83. The molecule has 0 aliphatic heterocycles. The lowest BCUT2D eigenvalue weighted by Crippen LogP contribution is -2.18. The van der Waals surface area contributed by atoms with E-state index in [0.29, 0.717) is 0 Å². The minimum absolute atomic E-state index is 0.0226. The van der Waals surface area contributed by atoms with E-state index in [1.807, 2.05) is 0 Å². The second-order valence-corrected chi connectivity index (χ2v) is 4.33. The highest BCUT2D eigenvalue weighted by atomic mass is 19.1. The Morgan fingerprint density at radius 3 is 3.00 bits per heavy atom. The van der Waals surface area contributed by atoms with E-state index in [2.05, 4.69) is 4.98 Å². The van der Waals surface area contributed by atoms with Gasteiger partial charge < -0.3 is 9.84 Å². The standard InChI is InChI=1S/C13H13FN2O4/c1-20-7-8(17)5-10-11(14)6-12(16(18)19)9-3-2-4-15-13(9)10/h2-4,6,8,17H,5,7H2,1H3. The smallest absolute Gasteiger partial charge is 0.281 e. The minimum atomic E-state index is -0.902. The molecule has 2 aromatic rings. The molecule has 7 heteroatoms. The summed E-state index contributed by atoms with van der Waals surface area (Å²) in [6.45, 7) is 0.0464. The molecular weight excluding hydrogens is 267 g/mol. The van der Waals surface area contributed by atoms with Crippen molar-refractivity contribution in [2.75, 3.05) is 13.7 Å². The van der Waals surface area contributed by atoms with E-state index >= 15 is 0 Å². The predicted molar refractivity (Wildman–Crippen MR) is 69.9 cm³/mol. The first-order chi connectivity index (χ1) is 9.54. The van der Waals surface area contributed by atoms with Gasteiger partial charge in [-0.25, -0.2) is 4.39 Å². The number of nitro groups is 1. The number of fused-ring (bicyclic) bond motifs is 1. The molecule has 106 valence electrons. The molecule has 0 aliphatic carbocycles. The summed E-state index contributed by atoms with van der Waals surface area (Å²) >= 11 is 0. The number of methoxy groups -OCH3 is 1. The van der Waals surface area contributed by atoms with E-state index in [-0.39, 0.29) is 35.2 Å². The molecule has 0 fully saturated rings. The van der Waals surface area contributed by atoms with Crippen LogP contribution >= 0.6 is 0 Å². The highest BCUT2D eigenvalue weighted by Crippen LogP contribution is 2.29. The summed E-state index contributed by atoms with van der Waals surface area (Å²) in [6, 6.07) is 3.91. The zero-order valence-electron chi connectivity index (χ0n) is 10.7. The van der Waals surface area contributed by atoms with Crippen LogP contribution in [0, 0.1) is 15.9 Å². The molecule has 0 bridgehead atoms. The third kappa shape index (κ3) is 2.73. The number of halogens is 1. The lowest BCUT2D eigenvalue weighted by molar-refractivity contribution is -0.383. The van der Waals surface area contributed by atoms with E-state index in [1.165, 1.54) is 19.4 Å².